The summed E-state index contributed by atoms with van der Waals surface area (Å²) in [6.45, 7) is 8.50. The van der Waals surface area contributed by atoms with Crippen LogP contribution in [-0.2, 0) is 0 Å². The number of rotatable bonds is 7. The summed E-state index contributed by atoms with van der Waals surface area (Å²) in [6.07, 6.45) is 11.6. The molecular weight excluding hydrogens is 182 g/mol. The summed E-state index contributed by atoms with van der Waals surface area (Å²) in [7, 11) is 0. The lowest BCUT2D eigenvalue weighted by molar-refractivity contribution is 0.275. The number of hydrogen-bond acceptors (Lipinski definition) is 1. The van der Waals surface area contributed by atoms with E-state index in [0.717, 1.165) is 24.8 Å². The summed E-state index contributed by atoms with van der Waals surface area (Å²) in [5.74, 6) is 2.00. The number of allylic oxidation sites excluding steroid dienone is 1. The van der Waals surface area contributed by atoms with E-state index in [4.69, 9.17) is 0 Å². The first-order valence-electron chi connectivity index (χ1n) is 6.64. The van der Waals surface area contributed by atoms with Gasteiger partial charge in [-0.05, 0) is 44.2 Å². The van der Waals surface area contributed by atoms with Crippen molar-refractivity contribution in [2.45, 2.75) is 51.9 Å². The van der Waals surface area contributed by atoms with Crippen LogP contribution in [0.1, 0.15) is 51.9 Å². The SMILES string of the molecule is C=CCCCNCCC1CCC(C)CC1. The summed E-state index contributed by atoms with van der Waals surface area (Å²) in [5.41, 5.74) is 0. The van der Waals surface area contributed by atoms with E-state index < -0.39 is 0 Å². The standard InChI is InChI=1S/C14H27N/c1-3-4-5-11-15-12-10-14-8-6-13(2)7-9-14/h3,13-15H,1,4-12H2,2H3. The molecule has 1 rings (SSSR count). The predicted molar refractivity (Wildman–Crippen MR) is 68.0 cm³/mol. The van der Waals surface area contributed by atoms with Gasteiger partial charge in [-0.15, -0.1) is 6.58 Å². The van der Waals surface area contributed by atoms with Crippen molar-refractivity contribution in [3.8, 4) is 0 Å². The first-order chi connectivity index (χ1) is 7.33. The van der Waals surface area contributed by atoms with Gasteiger partial charge in [-0.3, -0.25) is 0 Å². The first kappa shape index (κ1) is 12.8. The first-order valence-corrected chi connectivity index (χ1v) is 6.64. The Morgan fingerprint density at radius 3 is 2.60 bits per heavy atom. The summed E-state index contributed by atoms with van der Waals surface area (Å²) in [5, 5.41) is 3.53. The molecule has 0 radical (unpaired) electrons. The number of unbranched alkanes of at least 4 members (excludes halogenated alkanes) is 1. The smallest absolute Gasteiger partial charge is 0.00460 e. The molecule has 0 aromatic heterocycles. The van der Waals surface area contributed by atoms with E-state index in [-0.39, 0.29) is 0 Å². The van der Waals surface area contributed by atoms with Crippen LogP contribution in [0, 0.1) is 11.8 Å². The van der Waals surface area contributed by atoms with E-state index in [1.807, 2.05) is 6.08 Å². The second kappa shape index (κ2) is 7.92. The molecule has 1 aliphatic carbocycles. The van der Waals surface area contributed by atoms with E-state index in [1.165, 1.54) is 45.1 Å². The average Bonchev–Trinajstić information content (AvgIpc) is 2.26. The van der Waals surface area contributed by atoms with Gasteiger partial charge >= 0.3 is 0 Å². The van der Waals surface area contributed by atoms with E-state index in [2.05, 4.69) is 18.8 Å². The van der Waals surface area contributed by atoms with Gasteiger partial charge in [0.05, 0.1) is 0 Å². The van der Waals surface area contributed by atoms with Crippen molar-refractivity contribution in [3.63, 3.8) is 0 Å². The fourth-order valence-corrected chi connectivity index (χ4v) is 2.42. The lowest BCUT2D eigenvalue weighted by Crippen LogP contribution is -2.21. The largest absolute Gasteiger partial charge is 0.317 e. The second-order valence-electron chi connectivity index (χ2n) is 5.10. The lowest BCUT2D eigenvalue weighted by atomic mass is 9.81. The van der Waals surface area contributed by atoms with Gasteiger partial charge in [-0.2, -0.15) is 0 Å². The molecule has 0 aromatic rings. The Hall–Kier alpha value is -0.300. The van der Waals surface area contributed by atoms with Gasteiger partial charge in [0.2, 0.25) is 0 Å². The van der Waals surface area contributed by atoms with Crippen LogP contribution in [0.2, 0.25) is 0 Å². The zero-order valence-electron chi connectivity index (χ0n) is 10.3. The molecule has 0 spiro atoms. The molecule has 15 heavy (non-hydrogen) atoms. The summed E-state index contributed by atoms with van der Waals surface area (Å²) >= 11 is 0. The minimum absolute atomic E-state index is 0.988. The van der Waals surface area contributed by atoms with Crippen LogP contribution in [0.5, 0.6) is 0 Å². The molecule has 0 aliphatic heterocycles. The van der Waals surface area contributed by atoms with Crippen molar-refractivity contribution >= 4 is 0 Å². The Morgan fingerprint density at radius 2 is 1.93 bits per heavy atom. The fraction of sp³-hybridized carbons (Fsp3) is 0.857. The monoisotopic (exact) mass is 209 g/mol. The van der Waals surface area contributed by atoms with E-state index in [0.29, 0.717) is 0 Å². The van der Waals surface area contributed by atoms with Crippen molar-refractivity contribution < 1.29 is 0 Å². The Bertz CT molecular complexity index is 157. The van der Waals surface area contributed by atoms with Crippen molar-refractivity contribution in [2.24, 2.45) is 11.8 Å². The summed E-state index contributed by atoms with van der Waals surface area (Å²) < 4.78 is 0. The van der Waals surface area contributed by atoms with Gasteiger partial charge in [0.15, 0.2) is 0 Å². The predicted octanol–water partition coefficient (Wildman–Crippen LogP) is 3.76. The Kier molecular flexibility index (Phi) is 6.74. The van der Waals surface area contributed by atoms with Crippen LogP contribution < -0.4 is 5.32 Å². The highest BCUT2D eigenvalue weighted by Crippen LogP contribution is 2.29. The normalized spacial score (nSPS) is 26.5. The maximum absolute atomic E-state index is 3.73. The molecule has 0 atom stereocenters. The topological polar surface area (TPSA) is 12.0 Å². The van der Waals surface area contributed by atoms with Gasteiger partial charge in [-0.1, -0.05) is 38.7 Å². The summed E-state index contributed by atoms with van der Waals surface area (Å²) in [4.78, 5) is 0. The van der Waals surface area contributed by atoms with Gasteiger partial charge in [0.1, 0.15) is 0 Å². The third kappa shape index (κ3) is 5.99. The molecule has 0 bridgehead atoms. The average molecular weight is 209 g/mol. The van der Waals surface area contributed by atoms with Crippen molar-refractivity contribution in [1.82, 2.24) is 5.32 Å². The molecule has 0 amide bonds. The van der Waals surface area contributed by atoms with Gasteiger partial charge < -0.3 is 5.32 Å². The molecule has 0 aromatic carbocycles. The molecule has 1 saturated carbocycles. The van der Waals surface area contributed by atoms with E-state index in [1.54, 1.807) is 0 Å². The fourth-order valence-electron chi connectivity index (χ4n) is 2.42. The molecule has 88 valence electrons. The van der Waals surface area contributed by atoms with Gasteiger partial charge in [0.25, 0.3) is 0 Å². The van der Waals surface area contributed by atoms with E-state index in [9.17, 15) is 0 Å². The highest BCUT2D eigenvalue weighted by Gasteiger charge is 2.17. The van der Waals surface area contributed by atoms with Crippen LogP contribution in [-0.4, -0.2) is 13.1 Å². The lowest BCUT2D eigenvalue weighted by Gasteiger charge is -2.26. The molecule has 1 nitrogen and oxygen atoms in total. The highest BCUT2D eigenvalue weighted by atomic mass is 14.8. The van der Waals surface area contributed by atoms with Crippen molar-refractivity contribution in [2.75, 3.05) is 13.1 Å². The van der Waals surface area contributed by atoms with Crippen LogP contribution >= 0.6 is 0 Å². The Morgan fingerprint density at radius 1 is 1.20 bits per heavy atom. The zero-order chi connectivity index (χ0) is 10.9. The zero-order valence-corrected chi connectivity index (χ0v) is 10.3. The highest BCUT2D eigenvalue weighted by molar-refractivity contribution is 4.71. The molecule has 1 heteroatoms. The quantitative estimate of drug-likeness (QED) is 0.497. The Balaban J connectivity index is 1.89. The third-order valence-corrected chi connectivity index (χ3v) is 3.63. The number of nitrogens with one attached hydrogen (secondary N) is 1. The van der Waals surface area contributed by atoms with Crippen molar-refractivity contribution in [1.29, 1.82) is 0 Å². The molecule has 0 unspecified atom stereocenters. The second-order valence-corrected chi connectivity index (χ2v) is 5.10. The molecule has 0 heterocycles. The number of hydrogen-bond donors (Lipinski definition) is 1. The van der Waals surface area contributed by atoms with Gasteiger partial charge in [0, 0.05) is 0 Å². The van der Waals surface area contributed by atoms with Crippen LogP contribution in [0.25, 0.3) is 0 Å². The maximum Gasteiger partial charge on any atom is -0.00460 e. The van der Waals surface area contributed by atoms with Gasteiger partial charge in [-0.25, -0.2) is 0 Å². The molecule has 0 saturated heterocycles. The third-order valence-electron chi connectivity index (χ3n) is 3.63. The van der Waals surface area contributed by atoms with Crippen LogP contribution in [0.4, 0.5) is 0 Å². The molecular formula is C14H27N. The minimum Gasteiger partial charge on any atom is -0.317 e. The van der Waals surface area contributed by atoms with Crippen LogP contribution in [0.3, 0.4) is 0 Å². The van der Waals surface area contributed by atoms with Crippen molar-refractivity contribution in [3.05, 3.63) is 12.7 Å². The Labute approximate surface area is 95.3 Å². The molecule has 1 fully saturated rings. The minimum atomic E-state index is 0.988. The molecule has 1 N–H and O–H groups in total. The van der Waals surface area contributed by atoms with E-state index >= 15 is 0 Å². The maximum atomic E-state index is 3.73. The molecule has 1 aliphatic rings. The van der Waals surface area contributed by atoms with Crippen LogP contribution in [0.15, 0.2) is 12.7 Å². The summed E-state index contributed by atoms with van der Waals surface area (Å²) in [6, 6.07) is 0.